The zero-order valence-electron chi connectivity index (χ0n) is 8.14. The molecule has 1 aromatic carbocycles. The molecule has 0 atom stereocenters. The van der Waals surface area contributed by atoms with Gasteiger partial charge in [-0.25, -0.2) is 0 Å². The number of nitrogens with two attached hydrogens (primary N) is 1. The molecule has 0 saturated heterocycles. The van der Waals surface area contributed by atoms with Crippen molar-refractivity contribution in [2.45, 2.75) is 0 Å². The monoisotopic (exact) mass is 267 g/mol. The lowest BCUT2D eigenvalue weighted by Crippen LogP contribution is -1.91. The molecule has 2 aromatic rings. The molecule has 15 heavy (non-hydrogen) atoms. The van der Waals surface area contributed by atoms with Crippen LogP contribution >= 0.6 is 15.9 Å². The summed E-state index contributed by atoms with van der Waals surface area (Å²) in [6.07, 6.45) is 3.42. The first-order chi connectivity index (χ1) is 7.15. The fourth-order valence-electron chi connectivity index (χ4n) is 1.18. The highest BCUT2D eigenvalue weighted by atomic mass is 79.9. The topological polar surface area (TPSA) is 53.1 Å². The third-order valence-electron chi connectivity index (χ3n) is 1.88. The number of ether oxygens (including phenoxy) is 1. The van der Waals surface area contributed by atoms with Gasteiger partial charge in [0.25, 0.3) is 0 Å². The van der Waals surface area contributed by atoms with Crippen LogP contribution in [0.2, 0.25) is 0 Å². The van der Waals surface area contributed by atoms with Crippen LogP contribution in [0.3, 0.4) is 0 Å². The molecule has 2 rings (SSSR count). The van der Waals surface area contributed by atoms with Crippen LogP contribution in [-0.4, -0.2) is 9.78 Å². The summed E-state index contributed by atoms with van der Waals surface area (Å²) in [6.45, 7) is 0. The van der Waals surface area contributed by atoms with Gasteiger partial charge in [-0.1, -0.05) is 15.9 Å². The molecule has 0 aliphatic heterocycles. The molecule has 0 fully saturated rings. The van der Waals surface area contributed by atoms with Gasteiger partial charge >= 0.3 is 0 Å². The van der Waals surface area contributed by atoms with Gasteiger partial charge in [0.05, 0.1) is 18.1 Å². The Hall–Kier alpha value is -1.49. The van der Waals surface area contributed by atoms with Gasteiger partial charge in [-0.15, -0.1) is 0 Å². The number of halogens is 1. The van der Waals surface area contributed by atoms with Gasteiger partial charge in [0.1, 0.15) is 0 Å². The maximum atomic E-state index is 5.77. The van der Waals surface area contributed by atoms with E-state index in [0.717, 1.165) is 4.47 Å². The molecule has 2 N–H and O–H groups in total. The molecule has 1 heterocycles. The number of aryl methyl sites for hydroxylation is 1. The molecule has 0 amide bonds. The van der Waals surface area contributed by atoms with Crippen molar-refractivity contribution in [3.8, 4) is 11.5 Å². The lowest BCUT2D eigenvalue weighted by Gasteiger charge is -2.06. The number of anilines is 1. The Kier molecular flexibility index (Phi) is 2.64. The standard InChI is InChI=1S/C10H10BrN3O/c1-14-6-8(5-13-14)15-10-4-7(11)2-3-9(10)12/h2-6H,12H2,1H3. The Morgan fingerprint density at radius 1 is 1.47 bits per heavy atom. The van der Waals surface area contributed by atoms with E-state index in [9.17, 15) is 0 Å². The first-order valence-corrected chi connectivity index (χ1v) is 5.16. The number of aromatic nitrogens is 2. The largest absolute Gasteiger partial charge is 0.452 e. The number of hydrogen-bond acceptors (Lipinski definition) is 3. The van der Waals surface area contributed by atoms with Crippen molar-refractivity contribution in [3.63, 3.8) is 0 Å². The molecule has 5 heteroatoms. The van der Waals surface area contributed by atoms with Crippen molar-refractivity contribution in [3.05, 3.63) is 35.1 Å². The quantitative estimate of drug-likeness (QED) is 0.851. The van der Waals surface area contributed by atoms with Gasteiger partial charge in [-0.3, -0.25) is 4.68 Å². The average molecular weight is 268 g/mol. The molecule has 0 aliphatic carbocycles. The molecule has 0 saturated carbocycles. The summed E-state index contributed by atoms with van der Waals surface area (Å²) in [4.78, 5) is 0. The fraction of sp³-hybridized carbons (Fsp3) is 0.100. The van der Waals surface area contributed by atoms with Gasteiger partial charge in [0.2, 0.25) is 0 Å². The average Bonchev–Trinajstić information content (AvgIpc) is 2.58. The number of rotatable bonds is 2. The maximum absolute atomic E-state index is 5.77. The summed E-state index contributed by atoms with van der Waals surface area (Å²) in [5.41, 5.74) is 6.37. The third-order valence-corrected chi connectivity index (χ3v) is 2.38. The maximum Gasteiger partial charge on any atom is 0.165 e. The van der Waals surface area contributed by atoms with E-state index in [0.29, 0.717) is 17.2 Å². The molecular weight excluding hydrogens is 258 g/mol. The summed E-state index contributed by atoms with van der Waals surface area (Å²) in [6, 6.07) is 5.48. The highest BCUT2D eigenvalue weighted by Gasteiger charge is 2.04. The summed E-state index contributed by atoms with van der Waals surface area (Å²) in [5.74, 6) is 1.29. The van der Waals surface area contributed by atoms with Crippen molar-refractivity contribution in [1.29, 1.82) is 0 Å². The molecule has 0 bridgehead atoms. The molecule has 1 aromatic heterocycles. The molecule has 0 spiro atoms. The lowest BCUT2D eigenvalue weighted by atomic mass is 10.3. The summed E-state index contributed by atoms with van der Waals surface area (Å²) < 4.78 is 8.17. The van der Waals surface area contributed by atoms with Crippen LogP contribution in [0.15, 0.2) is 35.1 Å². The Morgan fingerprint density at radius 2 is 2.27 bits per heavy atom. The van der Waals surface area contributed by atoms with E-state index in [1.165, 1.54) is 0 Å². The SMILES string of the molecule is Cn1cc(Oc2cc(Br)ccc2N)cn1. The van der Waals surface area contributed by atoms with E-state index < -0.39 is 0 Å². The molecular formula is C10H10BrN3O. The Labute approximate surface area is 95.8 Å². The second kappa shape index (κ2) is 3.94. The van der Waals surface area contributed by atoms with Crippen molar-refractivity contribution in [2.24, 2.45) is 7.05 Å². The normalized spacial score (nSPS) is 10.3. The number of benzene rings is 1. The lowest BCUT2D eigenvalue weighted by molar-refractivity contribution is 0.484. The predicted molar refractivity (Wildman–Crippen MR) is 61.8 cm³/mol. The van der Waals surface area contributed by atoms with Crippen LogP contribution in [0.4, 0.5) is 5.69 Å². The predicted octanol–water partition coefficient (Wildman–Crippen LogP) is 2.56. The van der Waals surface area contributed by atoms with Crippen LogP contribution in [0.25, 0.3) is 0 Å². The van der Waals surface area contributed by atoms with Crippen LogP contribution < -0.4 is 10.5 Å². The van der Waals surface area contributed by atoms with Gasteiger partial charge in [-0.05, 0) is 18.2 Å². The van der Waals surface area contributed by atoms with Gasteiger partial charge in [-0.2, -0.15) is 5.10 Å². The molecule has 4 nitrogen and oxygen atoms in total. The van der Waals surface area contributed by atoms with Crippen molar-refractivity contribution < 1.29 is 4.74 Å². The third kappa shape index (κ3) is 2.30. The molecule has 0 aliphatic rings. The van der Waals surface area contributed by atoms with Crippen molar-refractivity contribution in [1.82, 2.24) is 9.78 Å². The van der Waals surface area contributed by atoms with Crippen LogP contribution in [0.1, 0.15) is 0 Å². The minimum atomic E-state index is 0.599. The van der Waals surface area contributed by atoms with E-state index in [1.54, 1.807) is 23.1 Å². The second-order valence-electron chi connectivity index (χ2n) is 3.13. The van der Waals surface area contributed by atoms with Gasteiger partial charge < -0.3 is 10.5 Å². The van der Waals surface area contributed by atoms with E-state index in [2.05, 4.69) is 21.0 Å². The van der Waals surface area contributed by atoms with Crippen LogP contribution in [0, 0.1) is 0 Å². The van der Waals surface area contributed by atoms with Gasteiger partial charge in [0.15, 0.2) is 11.5 Å². The minimum absolute atomic E-state index is 0.599. The number of nitrogens with zero attached hydrogens (tertiary/aromatic N) is 2. The summed E-state index contributed by atoms with van der Waals surface area (Å²) in [5, 5.41) is 4.00. The van der Waals surface area contributed by atoms with Gasteiger partial charge in [0, 0.05) is 11.5 Å². The van der Waals surface area contributed by atoms with Crippen LogP contribution in [-0.2, 0) is 7.05 Å². The number of hydrogen-bond donors (Lipinski definition) is 1. The summed E-state index contributed by atoms with van der Waals surface area (Å²) in [7, 11) is 1.83. The first-order valence-electron chi connectivity index (χ1n) is 4.36. The van der Waals surface area contributed by atoms with Crippen LogP contribution in [0.5, 0.6) is 11.5 Å². The first kappa shape index (κ1) is 10.0. The van der Waals surface area contributed by atoms with Crippen molar-refractivity contribution in [2.75, 3.05) is 5.73 Å². The molecule has 78 valence electrons. The Balaban J connectivity index is 2.27. The smallest absolute Gasteiger partial charge is 0.165 e. The minimum Gasteiger partial charge on any atom is -0.452 e. The molecule has 0 unspecified atom stereocenters. The van der Waals surface area contributed by atoms with E-state index >= 15 is 0 Å². The fourth-order valence-corrected chi connectivity index (χ4v) is 1.52. The Bertz CT molecular complexity index is 481. The van der Waals surface area contributed by atoms with E-state index in [4.69, 9.17) is 10.5 Å². The summed E-state index contributed by atoms with van der Waals surface area (Å²) >= 11 is 3.36. The second-order valence-corrected chi connectivity index (χ2v) is 4.05. The number of nitrogen functional groups attached to an aromatic ring is 1. The zero-order chi connectivity index (χ0) is 10.8. The highest BCUT2D eigenvalue weighted by molar-refractivity contribution is 9.10. The highest BCUT2D eigenvalue weighted by Crippen LogP contribution is 2.29. The zero-order valence-corrected chi connectivity index (χ0v) is 9.73. The van der Waals surface area contributed by atoms with E-state index in [-0.39, 0.29) is 0 Å². The van der Waals surface area contributed by atoms with E-state index in [1.807, 2.05) is 19.2 Å². The Morgan fingerprint density at radius 3 is 2.93 bits per heavy atom. The van der Waals surface area contributed by atoms with Crippen molar-refractivity contribution >= 4 is 21.6 Å². The molecule has 0 radical (unpaired) electrons.